The van der Waals surface area contributed by atoms with Gasteiger partial charge in [-0.25, -0.2) is 0 Å². The van der Waals surface area contributed by atoms with Gasteiger partial charge >= 0.3 is 0 Å². The van der Waals surface area contributed by atoms with Crippen LogP contribution in [-0.2, 0) is 24.2 Å². The second kappa shape index (κ2) is 7.87. The molecule has 0 aliphatic carbocycles. The number of rotatable bonds is 5. The van der Waals surface area contributed by atoms with E-state index in [1.165, 1.54) is 11.1 Å². The van der Waals surface area contributed by atoms with Crippen LogP contribution in [0, 0.1) is 13.8 Å². The number of carbonyl (C=O) groups excluding carboxylic acids is 1. The second-order valence-electron chi connectivity index (χ2n) is 7.73. The number of nitrogens with one attached hydrogen (secondary N) is 1. The number of amides is 1. The van der Waals surface area contributed by atoms with Crippen molar-refractivity contribution in [1.29, 1.82) is 0 Å². The monoisotopic (exact) mass is 368 g/mol. The molecular weight excluding hydrogens is 340 g/mol. The van der Waals surface area contributed by atoms with Gasteiger partial charge in [-0.1, -0.05) is 29.8 Å². The molecule has 2 aromatic rings. The van der Waals surface area contributed by atoms with Gasteiger partial charge in [0, 0.05) is 44.8 Å². The predicted octanol–water partition coefficient (Wildman–Crippen LogP) is 3.36. The highest BCUT2D eigenvalue weighted by Gasteiger charge is 2.28. The number of hydrogen-bond acceptors (Lipinski definition) is 4. The number of carbonyl (C=O) groups is 1. The first-order valence-electron chi connectivity index (χ1n) is 9.89. The first-order chi connectivity index (χ1) is 13.1. The van der Waals surface area contributed by atoms with Crippen LogP contribution in [0.2, 0.25) is 0 Å². The third kappa shape index (κ3) is 4.09. The van der Waals surface area contributed by atoms with E-state index in [1.54, 1.807) is 0 Å². The lowest BCUT2D eigenvalue weighted by atomic mass is 10.0. The molecule has 0 spiro atoms. The number of aryl methyl sites for hydroxylation is 2. The van der Waals surface area contributed by atoms with E-state index in [-0.39, 0.29) is 12.0 Å². The number of nitrogens with zero attached hydrogens (tertiary/aromatic N) is 1. The van der Waals surface area contributed by atoms with Crippen LogP contribution in [0.15, 0.2) is 28.7 Å². The fourth-order valence-corrected chi connectivity index (χ4v) is 4.06. The van der Waals surface area contributed by atoms with Gasteiger partial charge in [0.25, 0.3) is 5.91 Å². The molecule has 4 rings (SSSR count). The molecule has 2 aliphatic heterocycles. The number of furan rings is 1. The highest BCUT2D eigenvalue weighted by atomic mass is 16.5. The van der Waals surface area contributed by atoms with Gasteiger partial charge in [-0.3, -0.25) is 9.69 Å². The van der Waals surface area contributed by atoms with Crippen molar-refractivity contribution in [3.63, 3.8) is 0 Å². The summed E-state index contributed by atoms with van der Waals surface area (Å²) < 4.78 is 11.5. The van der Waals surface area contributed by atoms with Gasteiger partial charge in [-0.2, -0.15) is 0 Å². The zero-order chi connectivity index (χ0) is 18.8. The summed E-state index contributed by atoms with van der Waals surface area (Å²) in [4.78, 5) is 15.2. The van der Waals surface area contributed by atoms with Crippen LogP contribution in [0.5, 0.6) is 0 Å². The SMILES string of the molecule is Cc1ccc(CN2CCc3oc(C)c(C(=O)NC[C@H]4CCCO4)c3C2)cc1. The Kier molecular flexibility index (Phi) is 5.32. The summed E-state index contributed by atoms with van der Waals surface area (Å²) >= 11 is 0. The number of hydrogen-bond donors (Lipinski definition) is 1. The summed E-state index contributed by atoms with van der Waals surface area (Å²) in [6, 6.07) is 8.66. The van der Waals surface area contributed by atoms with E-state index in [0.717, 1.165) is 68.2 Å². The summed E-state index contributed by atoms with van der Waals surface area (Å²) in [7, 11) is 0. The molecule has 1 fully saturated rings. The van der Waals surface area contributed by atoms with Gasteiger partial charge in [0.15, 0.2) is 0 Å². The summed E-state index contributed by atoms with van der Waals surface area (Å²) in [5.41, 5.74) is 4.34. The summed E-state index contributed by atoms with van der Waals surface area (Å²) in [6.45, 7) is 7.96. The van der Waals surface area contributed by atoms with Gasteiger partial charge in [0.1, 0.15) is 11.5 Å². The third-order valence-corrected chi connectivity index (χ3v) is 5.57. The van der Waals surface area contributed by atoms with Crippen LogP contribution in [0.4, 0.5) is 0 Å². The molecule has 1 amide bonds. The van der Waals surface area contributed by atoms with E-state index in [0.29, 0.717) is 6.54 Å². The molecule has 1 aromatic carbocycles. The van der Waals surface area contributed by atoms with E-state index < -0.39 is 0 Å². The minimum atomic E-state index is -0.0369. The van der Waals surface area contributed by atoms with Crippen LogP contribution in [0.3, 0.4) is 0 Å². The van der Waals surface area contributed by atoms with Gasteiger partial charge in [-0.05, 0) is 32.3 Å². The fourth-order valence-electron chi connectivity index (χ4n) is 4.06. The maximum atomic E-state index is 12.8. The normalized spacial score (nSPS) is 19.9. The van der Waals surface area contributed by atoms with Crippen molar-refractivity contribution in [2.45, 2.75) is 52.3 Å². The minimum absolute atomic E-state index is 0.0369. The maximum Gasteiger partial charge on any atom is 0.255 e. The Labute approximate surface area is 160 Å². The van der Waals surface area contributed by atoms with Crippen molar-refractivity contribution < 1.29 is 13.9 Å². The van der Waals surface area contributed by atoms with Crippen molar-refractivity contribution in [2.75, 3.05) is 19.7 Å². The minimum Gasteiger partial charge on any atom is -0.465 e. The number of benzene rings is 1. The summed E-state index contributed by atoms with van der Waals surface area (Å²) in [5, 5.41) is 3.05. The van der Waals surface area contributed by atoms with Crippen LogP contribution in [0.25, 0.3) is 0 Å². The van der Waals surface area contributed by atoms with Gasteiger partial charge in [0.05, 0.1) is 11.7 Å². The van der Waals surface area contributed by atoms with E-state index >= 15 is 0 Å². The van der Waals surface area contributed by atoms with E-state index in [4.69, 9.17) is 9.15 Å². The van der Waals surface area contributed by atoms with Crippen LogP contribution in [-0.4, -0.2) is 36.6 Å². The second-order valence-corrected chi connectivity index (χ2v) is 7.73. The molecule has 0 unspecified atom stereocenters. The van der Waals surface area contributed by atoms with Crippen molar-refractivity contribution in [1.82, 2.24) is 10.2 Å². The Balaban J connectivity index is 1.45. The number of ether oxygens (including phenoxy) is 1. The first kappa shape index (κ1) is 18.3. The zero-order valence-corrected chi connectivity index (χ0v) is 16.2. The Morgan fingerprint density at radius 3 is 2.81 bits per heavy atom. The lowest BCUT2D eigenvalue weighted by Crippen LogP contribution is -2.34. The quantitative estimate of drug-likeness (QED) is 0.879. The zero-order valence-electron chi connectivity index (χ0n) is 16.2. The Morgan fingerprint density at radius 2 is 2.07 bits per heavy atom. The molecule has 1 saturated heterocycles. The van der Waals surface area contributed by atoms with Crippen LogP contribution in [0.1, 0.15) is 51.4 Å². The maximum absolute atomic E-state index is 12.8. The molecular formula is C22H28N2O3. The Bertz CT molecular complexity index is 804. The van der Waals surface area contributed by atoms with E-state index in [9.17, 15) is 4.79 Å². The molecule has 3 heterocycles. The van der Waals surface area contributed by atoms with E-state index in [2.05, 4.69) is 41.4 Å². The topological polar surface area (TPSA) is 54.7 Å². The number of fused-ring (bicyclic) bond motifs is 1. The molecule has 5 nitrogen and oxygen atoms in total. The Morgan fingerprint density at radius 1 is 1.26 bits per heavy atom. The predicted molar refractivity (Wildman–Crippen MR) is 104 cm³/mol. The van der Waals surface area contributed by atoms with Gasteiger partial charge in [-0.15, -0.1) is 0 Å². The molecule has 0 saturated carbocycles. The van der Waals surface area contributed by atoms with Gasteiger partial charge < -0.3 is 14.5 Å². The molecule has 1 atom stereocenters. The smallest absolute Gasteiger partial charge is 0.255 e. The van der Waals surface area contributed by atoms with Crippen molar-refractivity contribution in [3.05, 3.63) is 58.0 Å². The molecule has 0 radical (unpaired) electrons. The van der Waals surface area contributed by atoms with Crippen molar-refractivity contribution >= 4 is 5.91 Å². The lowest BCUT2D eigenvalue weighted by molar-refractivity contribution is 0.0855. The average Bonchev–Trinajstić information content (AvgIpc) is 3.28. The highest BCUT2D eigenvalue weighted by Crippen LogP contribution is 2.29. The van der Waals surface area contributed by atoms with Crippen LogP contribution < -0.4 is 5.32 Å². The lowest BCUT2D eigenvalue weighted by Gasteiger charge is -2.26. The van der Waals surface area contributed by atoms with Crippen molar-refractivity contribution in [3.8, 4) is 0 Å². The molecule has 0 bridgehead atoms. The summed E-state index contributed by atoms with van der Waals surface area (Å²) in [6.07, 6.45) is 3.10. The average molecular weight is 368 g/mol. The molecule has 5 heteroatoms. The molecule has 144 valence electrons. The standard InChI is InChI=1S/C22H28N2O3/c1-15-5-7-17(8-6-15)13-24-10-9-20-19(14-24)21(16(2)27-20)22(25)23-12-18-4-3-11-26-18/h5-8,18H,3-4,9-14H2,1-2H3,(H,23,25)/t18-/m1/s1. The van der Waals surface area contributed by atoms with Gasteiger partial charge in [0.2, 0.25) is 0 Å². The molecule has 2 aliphatic rings. The van der Waals surface area contributed by atoms with E-state index in [1.807, 2.05) is 6.92 Å². The molecule has 27 heavy (non-hydrogen) atoms. The van der Waals surface area contributed by atoms with Crippen LogP contribution >= 0.6 is 0 Å². The largest absolute Gasteiger partial charge is 0.465 e. The highest BCUT2D eigenvalue weighted by molar-refractivity contribution is 5.97. The van der Waals surface area contributed by atoms with Crippen molar-refractivity contribution in [2.24, 2.45) is 0 Å². The first-order valence-corrected chi connectivity index (χ1v) is 9.89. The summed E-state index contributed by atoms with van der Waals surface area (Å²) in [5.74, 6) is 1.65. The fraction of sp³-hybridized carbons (Fsp3) is 0.500. The molecule has 1 aromatic heterocycles. The Hall–Kier alpha value is -2.11. The molecule has 1 N–H and O–H groups in total. The third-order valence-electron chi connectivity index (χ3n) is 5.57.